The Morgan fingerprint density at radius 3 is 1.91 bits per heavy atom. The van der Waals surface area contributed by atoms with Gasteiger partial charge in [0.25, 0.3) is 0 Å². The third kappa shape index (κ3) is 4.10. The van der Waals surface area contributed by atoms with Crippen LogP contribution in [0.4, 0.5) is 18.9 Å². The van der Waals surface area contributed by atoms with Crippen molar-refractivity contribution in [3.63, 3.8) is 0 Å². The van der Waals surface area contributed by atoms with Crippen molar-refractivity contribution in [2.75, 3.05) is 33.1 Å². The van der Waals surface area contributed by atoms with E-state index in [1.54, 1.807) is 48.6 Å². The largest absolute Gasteiger partial charge is 0.478 e. The van der Waals surface area contributed by atoms with Crippen molar-refractivity contribution in [2.45, 2.75) is 6.92 Å². The molecule has 0 bridgehead atoms. The van der Waals surface area contributed by atoms with E-state index in [9.17, 15) is 18.7 Å². The first-order chi connectivity index (χ1) is 15.0. The molecule has 4 nitrogen and oxygen atoms in total. The molecule has 0 heterocycles. The van der Waals surface area contributed by atoms with Gasteiger partial charge in [-0.25, -0.2) is 22.5 Å². The topological polar surface area (TPSA) is 43.5 Å². The Balaban J connectivity index is 2.42. The molecule has 32 heavy (non-hydrogen) atoms. The summed E-state index contributed by atoms with van der Waals surface area (Å²) in [5.41, 5.74) is 0.762. The number of hydrogen-bond donors (Lipinski definition) is 1. The van der Waals surface area contributed by atoms with Crippen molar-refractivity contribution in [2.24, 2.45) is 0 Å². The fourth-order valence-corrected chi connectivity index (χ4v) is 3.52. The number of anilines is 1. The summed E-state index contributed by atoms with van der Waals surface area (Å²) in [4.78, 5) is 13.8. The summed E-state index contributed by atoms with van der Waals surface area (Å²) in [6, 6.07) is 6.97. The van der Waals surface area contributed by atoms with Gasteiger partial charge in [-0.1, -0.05) is 12.1 Å². The van der Waals surface area contributed by atoms with Crippen LogP contribution in [0.25, 0.3) is 5.57 Å². The fourth-order valence-electron chi connectivity index (χ4n) is 3.52. The molecule has 3 rings (SSSR count). The predicted molar refractivity (Wildman–Crippen MR) is 120 cm³/mol. The summed E-state index contributed by atoms with van der Waals surface area (Å²) in [6.45, 7) is 1.09. The number of rotatable bonds is 4. The van der Waals surface area contributed by atoms with Crippen LogP contribution in [-0.2, 0) is 0 Å². The number of halogens is 3. The maximum Gasteiger partial charge on any atom is 0.339 e. The summed E-state index contributed by atoms with van der Waals surface area (Å²) in [6.07, 6.45) is 6.97. The lowest BCUT2D eigenvalue weighted by Gasteiger charge is -2.20. The van der Waals surface area contributed by atoms with Crippen LogP contribution >= 0.6 is 0 Å². The highest BCUT2D eigenvalue weighted by Crippen LogP contribution is 2.37. The molecule has 1 aliphatic carbocycles. The highest BCUT2D eigenvalue weighted by molar-refractivity contribution is 6.05. The Bertz CT molecular complexity index is 1200. The Morgan fingerprint density at radius 1 is 0.875 bits per heavy atom. The highest BCUT2D eigenvalue weighted by atomic mass is 19.2. The normalized spacial score (nSPS) is 12.9. The molecule has 166 valence electrons. The van der Waals surface area contributed by atoms with Crippen LogP contribution in [0.5, 0.6) is 0 Å². The van der Waals surface area contributed by atoms with Gasteiger partial charge in [0.15, 0.2) is 17.3 Å². The molecule has 0 saturated carbocycles. The van der Waals surface area contributed by atoms with Gasteiger partial charge in [-0.15, -0.1) is 0 Å². The van der Waals surface area contributed by atoms with Crippen LogP contribution in [0, 0.1) is 24.4 Å². The maximum absolute atomic E-state index is 15.4. The van der Waals surface area contributed by atoms with E-state index in [1.165, 1.54) is 0 Å². The smallest absolute Gasteiger partial charge is 0.339 e. The second-order valence-corrected chi connectivity index (χ2v) is 7.88. The monoisotopic (exact) mass is 441 g/mol. The van der Waals surface area contributed by atoms with Crippen molar-refractivity contribution >= 4 is 22.9 Å². The molecule has 0 saturated heterocycles. The minimum Gasteiger partial charge on any atom is -0.478 e. The van der Waals surface area contributed by atoms with Gasteiger partial charge in [-0.3, -0.25) is 0 Å². The van der Waals surface area contributed by atoms with Crippen LogP contribution in [0.2, 0.25) is 0 Å². The van der Waals surface area contributed by atoms with E-state index in [2.05, 4.69) is 0 Å². The second-order valence-electron chi connectivity index (χ2n) is 7.88. The number of carboxylic acid groups (broad SMARTS) is 1. The van der Waals surface area contributed by atoms with Gasteiger partial charge >= 0.3 is 5.97 Å². The van der Waals surface area contributed by atoms with E-state index in [4.69, 9.17) is 0 Å². The number of hydrogen-bond acceptors (Lipinski definition) is 2. The molecule has 1 N–H and O–H groups in total. The first kappa shape index (κ1) is 23.1. The number of allylic oxidation sites excluding steroid dienone is 5. The van der Waals surface area contributed by atoms with Crippen LogP contribution in [0.15, 0.2) is 54.1 Å². The quantitative estimate of drug-likeness (QED) is 0.547. The zero-order valence-corrected chi connectivity index (χ0v) is 18.5. The van der Waals surface area contributed by atoms with Crippen molar-refractivity contribution < 1.29 is 27.6 Å². The fraction of sp³-hybridized carbons (Fsp3) is 0.200. The number of nitrogens with zero attached hydrogens (tertiary/aromatic N) is 2. The molecule has 0 unspecified atom stereocenters. The van der Waals surface area contributed by atoms with Crippen LogP contribution in [-0.4, -0.2) is 49.6 Å². The van der Waals surface area contributed by atoms with Gasteiger partial charge in [-0.2, -0.15) is 0 Å². The van der Waals surface area contributed by atoms with Crippen molar-refractivity contribution in [1.29, 1.82) is 0 Å². The number of carbonyl (C=O) groups is 1. The molecule has 0 spiro atoms. The summed E-state index contributed by atoms with van der Waals surface area (Å²) in [5, 5.41) is 9.66. The molecule has 0 radical (unpaired) electrons. The minimum absolute atomic E-state index is 0.164. The lowest BCUT2D eigenvalue weighted by atomic mass is 9.86. The Hall–Kier alpha value is -3.61. The third-order valence-corrected chi connectivity index (χ3v) is 5.35. The van der Waals surface area contributed by atoms with Crippen molar-refractivity contribution in [3.05, 3.63) is 93.8 Å². The zero-order chi connectivity index (χ0) is 23.7. The molecule has 7 heteroatoms. The third-order valence-electron chi connectivity index (χ3n) is 5.35. The van der Waals surface area contributed by atoms with Crippen molar-refractivity contribution in [1.82, 2.24) is 0 Å². The van der Waals surface area contributed by atoms with Crippen molar-refractivity contribution in [3.8, 4) is 0 Å². The van der Waals surface area contributed by atoms with Gasteiger partial charge in [0.2, 0.25) is 0 Å². The number of aromatic carboxylic acids is 1. The SMILES string of the molecule is Cc1c(F)c(F)c(C(=O)O)c(C(=C2C=CC(=[N+](C)C)C=C2)c2ccc(N(C)C)cc2)c1F. The molecular formula is C25H24F3N2O2+. The molecule has 0 amide bonds. The molecule has 0 atom stereocenters. The van der Waals surface area contributed by atoms with Crippen LogP contribution in [0.3, 0.4) is 0 Å². The number of benzene rings is 2. The Labute approximate surface area is 184 Å². The Morgan fingerprint density at radius 2 is 1.44 bits per heavy atom. The molecular weight excluding hydrogens is 417 g/mol. The lowest BCUT2D eigenvalue weighted by molar-refractivity contribution is -0.462. The highest BCUT2D eigenvalue weighted by Gasteiger charge is 2.30. The molecule has 0 aliphatic heterocycles. The first-order valence-corrected chi connectivity index (χ1v) is 9.87. The average molecular weight is 441 g/mol. The summed E-state index contributed by atoms with van der Waals surface area (Å²) in [7, 11) is 7.45. The molecule has 0 fully saturated rings. The van der Waals surface area contributed by atoms with E-state index < -0.39 is 40.1 Å². The average Bonchev–Trinajstić information content (AvgIpc) is 2.76. The summed E-state index contributed by atoms with van der Waals surface area (Å²) in [5.74, 6) is -5.94. The molecule has 2 aromatic carbocycles. The van der Waals surface area contributed by atoms with Gasteiger partial charge in [0.05, 0.1) is 0 Å². The van der Waals surface area contributed by atoms with Crippen LogP contribution in [0.1, 0.15) is 27.0 Å². The van der Waals surface area contributed by atoms with E-state index in [1.807, 2.05) is 37.7 Å². The zero-order valence-electron chi connectivity index (χ0n) is 18.5. The van der Waals surface area contributed by atoms with E-state index in [0.717, 1.165) is 18.3 Å². The van der Waals surface area contributed by atoms with Gasteiger partial charge in [0, 0.05) is 48.6 Å². The predicted octanol–water partition coefficient (Wildman–Crippen LogP) is 4.82. The molecule has 0 aromatic heterocycles. The first-order valence-electron chi connectivity index (χ1n) is 9.87. The Kier molecular flexibility index (Phi) is 6.39. The standard InChI is InChI=1S/C25H23F3N2O2/c1-14-22(26)20(21(25(31)32)24(28)23(14)27)19(15-6-10-17(11-7-15)29(2)3)16-8-12-18(13-9-16)30(4)5/h6-13H,1-5H3/p+1. The second kappa shape index (κ2) is 8.86. The van der Waals surface area contributed by atoms with Gasteiger partial charge in [-0.05, 0) is 42.3 Å². The van der Waals surface area contributed by atoms with Crippen LogP contribution < -0.4 is 4.90 Å². The van der Waals surface area contributed by atoms with Gasteiger partial charge in [0.1, 0.15) is 25.5 Å². The molecule has 1 aliphatic rings. The van der Waals surface area contributed by atoms with E-state index >= 15 is 4.39 Å². The lowest BCUT2D eigenvalue weighted by Crippen LogP contribution is -2.15. The summed E-state index contributed by atoms with van der Waals surface area (Å²) < 4.78 is 46.2. The molecule has 2 aromatic rings. The number of carboxylic acids is 1. The van der Waals surface area contributed by atoms with E-state index in [0.29, 0.717) is 11.1 Å². The summed E-state index contributed by atoms with van der Waals surface area (Å²) >= 11 is 0. The van der Waals surface area contributed by atoms with E-state index in [-0.39, 0.29) is 5.57 Å². The maximum atomic E-state index is 15.4. The van der Waals surface area contributed by atoms with Gasteiger partial charge < -0.3 is 10.0 Å². The minimum atomic E-state index is -1.75.